The van der Waals surface area contributed by atoms with Gasteiger partial charge in [0.15, 0.2) is 0 Å². The molecule has 0 aliphatic carbocycles. The minimum absolute atomic E-state index is 0.0954. The van der Waals surface area contributed by atoms with E-state index < -0.39 is 22.2 Å². The number of amides is 1. The second-order valence-corrected chi connectivity index (χ2v) is 6.96. The molecule has 2 N–H and O–H groups in total. The summed E-state index contributed by atoms with van der Waals surface area (Å²) < 4.78 is 0. The second-order valence-electron chi connectivity index (χ2n) is 6.96. The number of benzene rings is 2. The van der Waals surface area contributed by atoms with Crippen LogP contribution >= 0.6 is 0 Å². The smallest absolute Gasteiger partial charge is 0.307 e. The third-order valence-electron chi connectivity index (χ3n) is 3.83. The van der Waals surface area contributed by atoms with Crippen LogP contribution in [-0.2, 0) is 16.6 Å². The lowest BCUT2D eigenvalue weighted by molar-refractivity contribution is -0.386. The molecule has 2 aromatic rings. The summed E-state index contributed by atoms with van der Waals surface area (Å²) in [6.45, 7) is 5.61. The zero-order chi connectivity index (χ0) is 19.5. The van der Waals surface area contributed by atoms with E-state index in [0.29, 0.717) is 16.8 Å². The molecule has 0 aliphatic rings. The van der Waals surface area contributed by atoms with Gasteiger partial charge >= 0.3 is 5.97 Å². The van der Waals surface area contributed by atoms with Crippen LogP contribution in [0.4, 0.5) is 11.4 Å². The molecule has 7 nitrogen and oxygen atoms in total. The lowest BCUT2D eigenvalue weighted by Crippen LogP contribution is -2.16. The van der Waals surface area contributed by atoms with Crippen LogP contribution in [0.15, 0.2) is 42.5 Å². The molecule has 0 saturated carbocycles. The van der Waals surface area contributed by atoms with Crippen molar-refractivity contribution < 1.29 is 19.6 Å². The summed E-state index contributed by atoms with van der Waals surface area (Å²) >= 11 is 0. The summed E-state index contributed by atoms with van der Waals surface area (Å²) in [5, 5.41) is 22.8. The van der Waals surface area contributed by atoms with Crippen LogP contribution in [-0.4, -0.2) is 21.9 Å². The Morgan fingerprint density at radius 2 is 1.73 bits per heavy atom. The van der Waals surface area contributed by atoms with Gasteiger partial charge in [0.05, 0.1) is 11.3 Å². The predicted octanol–water partition coefficient (Wildman–Crippen LogP) is 3.77. The molecule has 2 aromatic carbocycles. The maximum absolute atomic E-state index is 12.4. The van der Waals surface area contributed by atoms with Gasteiger partial charge in [-0.25, -0.2) is 0 Å². The van der Waals surface area contributed by atoms with Gasteiger partial charge in [0.2, 0.25) is 0 Å². The van der Waals surface area contributed by atoms with Crippen molar-refractivity contribution in [2.75, 3.05) is 5.32 Å². The summed E-state index contributed by atoms with van der Waals surface area (Å²) in [7, 11) is 0. The first-order valence-electron chi connectivity index (χ1n) is 7.99. The fourth-order valence-electron chi connectivity index (χ4n) is 2.54. The van der Waals surface area contributed by atoms with Gasteiger partial charge in [-0.1, -0.05) is 39.0 Å². The van der Waals surface area contributed by atoms with Crippen molar-refractivity contribution in [3.63, 3.8) is 0 Å². The van der Waals surface area contributed by atoms with Gasteiger partial charge in [0.25, 0.3) is 11.6 Å². The molecule has 0 bridgehead atoms. The van der Waals surface area contributed by atoms with Crippen molar-refractivity contribution in [3.05, 3.63) is 69.3 Å². The lowest BCUT2D eigenvalue weighted by atomic mass is 9.85. The Balaban J connectivity index is 2.23. The number of nitro benzene ring substituents is 1. The third-order valence-corrected chi connectivity index (χ3v) is 3.83. The minimum atomic E-state index is -0.937. The summed E-state index contributed by atoms with van der Waals surface area (Å²) in [5.41, 5.74) is 1.31. The molecule has 1 amide bonds. The van der Waals surface area contributed by atoms with Crippen molar-refractivity contribution in [3.8, 4) is 0 Å². The zero-order valence-electron chi connectivity index (χ0n) is 14.8. The summed E-state index contributed by atoms with van der Waals surface area (Å²) in [6.07, 6.45) is -0.102. The third kappa shape index (κ3) is 4.66. The molecule has 0 fully saturated rings. The summed E-state index contributed by atoms with van der Waals surface area (Å²) in [4.78, 5) is 33.9. The highest BCUT2D eigenvalue weighted by molar-refractivity contribution is 6.04. The van der Waals surface area contributed by atoms with Crippen LogP contribution in [0.25, 0.3) is 0 Å². The van der Waals surface area contributed by atoms with Crippen molar-refractivity contribution in [1.29, 1.82) is 0 Å². The van der Waals surface area contributed by atoms with Crippen LogP contribution < -0.4 is 5.32 Å². The molecular weight excluding hydrogens is 336 g/mol. The molecule has 0 spiro atoms. The molecule has 136 valence electrons. The Hall–Kier alpha value is -3.22. The van der Waals surface area contributed by atoms with E-state index in [9.17, 15) is 19.7 Å². The Morgan fingerprint density at radius 3 is 2.23 bits per heavy atom. The number of carbonyl (C=O) groups is 2. The largest absolute Gasteiger partial charge is 0.481 e. The number of rotatable bonds is 5. The number of carboxylic acids is 1. The normalized spacial score (nSPS) is 11.0. The maximum atomic E-state index is 12.4. The first-order chi connectivity index (χ1) is 12.1. The molecule has 7 heteroatoms. The molecule has 2 rings (SSSR count). The number of nitrogens with one attached hydrogen (secondary N) is 1. The van der Waals surface area contributed by atoms with Crippen LogP contribution in [0.3, 0.4) is 0 Å². The number of nitrogens with zero attached hydrogens (tertiary/aromatic N) is 1. The lowest BCUT2D eigenvalue weighted by Gasteiger charge is -2.19. The van der Waals surface area contributed by atoms with Crippen molar-refractivity contribution in [2.24, 2.45) is 0 Å². The van der Waals surface area contributed by atoms with Gasteiger partial charge in [0, 0.05) is 22.9 Å². The first kappa shape index (κ1) is 19.1. The van der Waals surface area contributed by atoms with Crippen molar-refractivity contribution in [1.82, 2.24) is 0 Å². The Kier molecular flexibility index (Phi) is 5.40. The minimum Gasteiger partial charge on any atom is -0.481 e. The average molecular weight is 356 g/mol. The monoisotopic (exact) mass is 356 g/mol. The standard InChI is InChI=1S/C19H20N2O5/c1-19(2,3)15-9-6-13(11-16(15)21(25)26)18(24)20-14-7-4-12(5-8-14)10-17(22)23/h4-9,11H,10H2,1-3H3,(H,20,24)(H,22,23). The first-order valence-corrected chi connectivity index (χ1v) is 7.99. The number of hydrogen-bond donors (Lipinski definition) is 2. The molecule has 0 aliphatic heterocycles. The van der Waals surface area contributed by atoms with E-state index in [2.05, 4.69) is 5.32 Å². The van der Waals surface area contributed by atoms with E-state index in [1.54, 1.807) is 36.4 Å². The van der Waals surface area contributed by atoms with Crippen molar-refractivity contribution >= 4 is 23.3 Å². The SMILES string of the molecule is CC(C)(C)c1ccc(C(=O)Nc2ccc(CC(=O)O)cc2)cc1[N+](=O)[O-]. The molecule has 0 atom stereocenters. The van der Waals surface area contributed by atoms with Gasteiger partial charge in [0.1, 0.15) is 0 Å². The van der Waals surface area contributed by atoms with Crippen LogP contribution in [0.2, 0.25) is 0 Å². The molecular formula is C19H20N2O5. The second kappa shape index (κ2) is 7.35. The van der Waals surface area contributed by atoms with E-state index in [1.165, 1.54) is 6.07 Å². The number of carbonyl (C=O) groups excluding carboxylic acids is 1. The fraction of sp³-hybridized carbons (Fsp3) is 0.263. The Morgan fingerprint density at radius 1 is 1.12 bits per heavy atom. The molecule has 0 heterocycles. The topological polar surface area (TPSA) is 110 Å². The number of carboxylic acid groups (broad SMARTS) is 1. The fourth-order valence-corrected chi connectivity index (χ4v) is 2.54. The Labute approximate surface area is 150 Å². The predicted molar refractivity (Wildman–Crippen MR) is 97.5 cm³/mol. The average Bonchev–Trinajstić information content (AvgIpc) is 2.54. The van der Waals surface area contributed by atoms with Crippen molar-refractivity contribution in [2.45, 2.75) is 32.6 Å². The molecule has 0 saturated heterocycles. The van der Waals surface area contributed by atoms with Gasteiger partial charge in [-0.3, -0.25) is 19.7 Å². The molecule has 0 radical (unpaired) electrons. The summed E-state index contributed by atoms with van der Waals surface area (Å²) in [6, 6.07) is 10.8. The van der Waals surface area contributed by atoms with Gasteiger partial charge in [-0.15, -0.1) is 0 Å². The van der Waals surface area contributed by atoms with Crippen LogP contribution in [0.5, 0.6) is 0 Å². The quantitative estimate of drug-likeness (QED) is 0.626. The van der Waals surface area contributed by atoms with E-state index in [4.69, 9.17) is 5.11 Å². The number of anilines is 1. The molecule has 26 heavy (non-hydrogen) atoms. The highest BCUT2D eigenvalue weighted by Gasteiger charge is 2.26. The zero-order valence-corrected chi connectivity index (χ0v) is 14.8. The van der Waals surface area contributed by atoms with E-state index in [-0.39, 0.29) is 17.7 Å². The molecule has 0 aromatic heterocycles. The van der Waals surface area contributed by atoms with Gasteiger partial charge in [-0.2, -0.15) is 0 Å². The summed E-state index contributed by atoms with van der Waals surface area (Å²) in [5.74, 6) is -1.41. The van der Waals surface area contributed by atoms with Gasteiger partial charge in [-0.05, 0) is 29.2 Å². The Bertz CT molecular complexity index is 851. The number of hydrogen-bond acceptors (Lipinski definition) is 4. The highest BCUT2D eigenvalue weighted by Crippen LogP contribution is 2.32. The number of aliphatic carboxylic acids is 1. The van der Waals surface area contributed by atoms with Crippen LogP contribution in [0, 0.1) is 10.1 Å². The van der Waals surface area contributed by atoms with E-state index >= 15 is 0 Å². The van der Waals surface area contributed by atoms with Crippen LogP contribution in [0.1, 0.15) is 42.3 Å². The molecule has 0 unspecified atom stereocenters. The number of nitro groups is 1. The van der Waals surface area contributed by atoms with E-state index in [1.807, 2.05) is 20.8 Å². The highest BCUT2D eigenvalue weighted by atomic mass is 16.6. The maximum Gasteiger partial charge on any atom is 0.307 e. The van der Waals surface area contributed by atoms with Gasteiger partial charge < -0.3 is 10.4 Å². The van der Waals surface area contributed by atoms with E-state index in [0.717, 1.165) is 0 Å².